The molecule has 0 nitrogen and oxygen atoms in total. The number of rotatable bonds is 19. The lowest BCUT2D eigenvalue weighted by molar-refractivity contribution is 0.169. The fraction of sp³-hybridized carbons (Fsp3) is 1.00. The van der Waals surface area contributed by atoms with Crippen LogP contribution in [0.15, 0.2) is 0 Å². The number of alkyl halides is 3. The van der Waals surface area contributed by atoms with Crippen LogP contribution in [0.4, 0.5) is 13.2 Å². The van der Waals surface area contributed by atoms with Crippen LogP contribution < -0.4 is 0 Å². The molecule has 0 bridgehead atoms. The van der Waals surface area contributed by atoms with Gasteiger partial charge in [-0.05, 0) is 12.8 Å². The predicted molar refractivity (Wildman–Crippen MR) is 113 cm³/mol. The molecular formula is C19H36Cl3F3Si. The average Bonchev–Trinajstić information content (AvgIpc) is 2.56. The van der Waals surface area contributed by atoms with Crippen LogP contribution in [0, 0.1) is 0 Å². The Kier molecular flexibility index (Phi) is 18.5. The summed E-state index contributed by atoms with van der Waals surface area (Å²) in [4.78, 5) is 0. The van der Waals surface area contributed by atoms with Gasteiger partial charge in [0.05, 0.1) is 6.67 Å². The van der Waals surface area contributed by atoms with Gasteiger partial charge in [0.25, 0.3) is 0 Å². The quantitative estimate of drug-likeness (QED) is 0.103. The van der Waals surface area contributed by atoms with E-state index in [0.717, 1.165) is 25.7 Å². The first-order valence-corrected chi connectivity index (χ1v) is 15.5. The Morgan fingerprint density at radius 3 is 1.23 bits per heavy atom. The van der Waals surface area contributed by atoms with Crippen molar-refractivity contribution in [2.45, 2.75) is 115 Å². The van der Waals surface area contributed by atoms with E-state index in [-0.39, 0.29) is 19.1 Å². The monoisotopic (exact) mass is 454 g/mol. The van der Waals surface area contributed by atoms with Crippen LogP contribution >= 0.6 is 33.2 Å². The molecule has 0 amide bonds. The third-order valence-electron chi connectivity index (χ3n) is 4.68. The van der Waals surface area contributed by atoms with Gasteiger partial charge in [-0.3, -0.25) is 4.39 Å². The third kappa shape index (κ3) is 19.6. The molecule has 0 aliphatic rings. The molecule has 0 aromatic heterocycles. The number of hydrogen-bond donors (Lipinski definition) is 0. The van der Waals surface area contributed by atoms with Crippen molar-refractivity contribution in [1.82, 2.24) is 0 Å². The zero-order chi connectivity index (χ0) is 19.7. The van der Waals surface area contributed by atoms with Crippen molar-refractivity contribution < 1.29 is 13.2 Å². The normalized spacial score (nSPS) is 14.5. The van der Waals surface area contributed by atoms with Crippen LogP contribution in [0.1, 0.15) is 96.3 Å². The second-order valence-electron chi connectivity index (χ2n) is 7.28. The minimum absolute atomic E-state index is 0.178. The highest BCUT2D eigenvalue weighted by Crippen LogP contribution is 2.30. The largest absolute Gasteiger partial charge is 0.344 e. The molecule has 0 saturated heterocycles. The van der Waals surface area contributed by atoms with Gasteiger partial charge >= 0.3 is 6.00 Å². The van der Waals surface area contributed by atoms with Crippen LogP contribution in [0.5, 0.6) is 0 Å². The summed E-state index contributed by atoms with van der Waals surface area (Å²) in [6.07, 6.45) is 12.7. The minimum atomic E-state index is -3.08. The van der Waals surface area contributed by atoms with Crippen molar-refractivity contribution >= 4 is 39.2 Å². The lowest BCUT2D eigenvalue weighted by atomic mass is 10.0. The van der Waals surface area contributed by atoms with E-state index < -0.39 is 18.3 Å². The van der Waals surface area contributed by atoms with E-state index in [9.17, 15) is 13.2 Å². The smallest absolute Gasteiger partial charge is 0.251 e. The summed E-state index contributed by atoms with van der Waals surface area (Å²) in [5.74, 6) is 0. The third-order valence-corrected chi connectivity index (χ3v) is 6.92. The molecule has 0 fully saturated rings. The highest BCUT2D eigenvalue weighted by atomic mass is 35.8. The zero-order valence-electron chi connectivity index (χ0n) is 15.9. The molecule has 0 radical (unpaired) electrons. The number of unbranched alkanes of at least 4 members (excludes halogenated alkanes) is 13. The Morgan fingerprint density at radius 2 is 0.885 bits per heavy atom. The molecule has 7 heteroatoms. The summed E-state index contributed by atoms with van der Waals surface area (Å²) < 4.78 is 39.1. The van der Waals surface area contributed by atoms with E-state index in [2.05, 4.69) is 0 Å². The molecular weight excluding hydrogens is 420 g/mol. The number of hydrogen-bond acceptors (Lipinski definition) is 0. The van der Waals surface area contributed by atoms with Crippen molar-refractivity contribution in [2.24, 2.45) is 0 Å². The van der Waals surface area contributed by atoms with Gasteiger partial charge in [-0.1, -0.05) is 83.5 Å². The minimum Gasteiger partial charge on any atom is -0.251 e. The molecule has 2 unspecified atom stereocenters. The van der Waals surface area contributed by atoms with E-state index >= 15 is 0 Å². The first-order chi connectivity index (χ1) is 12.4. The van der Waals surface area contributed by atoms with Crippen molar-refractivity contribution in [3.8, 4) is 0 Å². The van der Waals surface area contributed by atoms with E-state index in [4.69, 9.17) is 33.2 Å². The Balaban J connectivity index is 3.26. The Bertz CT molecular complexity index is 304. The molecule has 2 atom stereocenters. The van der Waals surface area contributed by atoms with Crippen molar-refractivity contribution in [2.75, 3.05) is 6.67 Å². The molecule has 0 aliphatic heterocycles. The summed E-state index contributed by atoms with van der Waals surface area (Å²) >= 11 is 16.9. The summed E-state index contributed by atoms with van der Waals surface area (Å²) in [5, 5.41) is 0. The molecule has 0 spiro atoms. The van der Waals surface area contributed by atoms with Gasteiger partial charge in [-0.2, -0.15) is 0 Å². The standard InChI is InChI=1S/C19H36Cl3F3Si/c20-26(21,22)17-19(25)18(24)15-13-11-9-7-5-3-1-2-4-6-8-10-12-14-16-23/h18-19H,1-17H2. The van der Waals surface area contributed by atoms with Gasteiger partial charge in [0, 0.05) is 6.04 Å². The van der Waals surface area contributed by atoms with Crippen molar-refractivity contribution in [3.05, 3.63) is 0 Å². The molecule has 158 valence electrons. The molecule has 26 heavy (non-hydrogen) atoms. The average molecular weight is 456 g/mol. The van der Waals surface area contributed by atoms with Gasteiger partial charge < -0.3 is 0 Å². The van der Waals surface area contributed by atoms with Crippen LogP contribution in [0.2, 0.25) is 6.04 Å². The summed E-state index contributed by atoms with van der Waals surface area (Å²) in [5.41, 5.74) is 0. The van der Waals surface area contributed by atoms with Crippen molar-refractivity contribution in [3.63, 3.8) is 0 Å². The fourth-order valence-corrected chi connectivity index (χ4v) is 5.11. The molecule has 0 aromatic rings. The highest BCUT2D eigenvalue weighted by Gasteiger charge is 2.33. The van der Waals surface area contributed by atoms with Crippen LogP contribution in [-0.4, -0.2) is 25.0 Å². The summed E-state index contributed by atoms with van der Waals surface area (Å²) in [6, 6.07) is -3.34. The Labute approximate surface area is 173 Å². The van der Waals surface area contributed by atoms with Gasteiger partial charge in [0.1, 0.15) is 12.3 Å². The molecule has 0 saturated carbocycles. The topological polar surface area (TPSA) is 0 Å². The van der Waals surface area contributed by atoms with Gasteiger partial charge in [0.2, 0.25) is 0 Å². The molecule has 0 N–H and O–H groups in total. The predicted octanol–water partition coefficient (Wildman–Crippen LogP) is 9.14. The molecule has 0 rings (SSSR count). The second kappa shape index (κ2) is 17.9. The lowest BCUT2D eigenvalue weighted by Gasteiger charge is -2.16. The molecule has 0 heterocycles. The SMILES string of the molecule is FCCCCCCCCCCCCCCCCC(F)C(F)C[Si](Cl)(Cl)Cl. The van der Waals surface area contributed by atoms with E-state index in [0.29, 0.717) is 6.42 Å². The van der Waals surface area contributed by atoms with E-state index in [1.807, 2.05) is 0 Å². The Hall–Kier alpha value is 0.877. The van der Waals surface area contributed by atoms with Crippen LogP contribution in [0.25, 0.3) is 0 Å². The van der Waals surface area contributed by atoms with Crippen LogP contribution in [0.3, 0.4) is 0 Å². The summed E-state index contributed by atoms with van der Waals surface area (Å²) in [7, 11) is 0. The maximum Gasteiger partial charge on any atom is 0.344 e. The maximum absolute atomic E-state index is 13.6. The van der Waals surface area contributed by atoms with Gasteiger partial charge in [-0.15, -0.1) is 33.2 Å². The van der Waals surface area contributed by atoms with Crippen LogP contribution in [-0.2, 0) is 0 Å². The van der Waals surface area contributed by atoms with E-state index in [1.165, 1.54) is 57.8 Å². The molecule has 0 aromatic carbocycles. The molecule has 0 aliphatic carbocycles. The second-order valence-corrected chi connectivity index (χ2v) is 16.5. The fourth-order valence-electron chi connectivity index (χ4n) is 3.08. The highest BCUT2D eigenvalue weighted by molar-refractivity contribution is 7.64. The van der Waals surface area contributed by atoms with Crippen molar-refractivity contribution in [1.29, 1.82) is 0 Å². The van der Waals surface area contributed by atoms with Gasteiger partial charge in [-0.25, -0.2) is 8.78 Å². The number of halogens is 6. The maximum atomic E-state index is 13.6. The van der Waals surface area contributed by atoms with E-state index in [1.54, 1.807) is 0 Å². The first kappa shape index (κ1) is 26.9. The zero-order valence-corrected chi connectivity index (χ0v) is 19.2. The Morgan fingerprint density at radius 1 is 0.538 bits per heavy atom. The lowest BCUT2D eigenvalue weighted by Crippen LogP contribution is -2.25. The summed E-state index contributed by atoms with van der Waals surface area (Å²) in [6.45, 7) is -0.178. The first-order valence-electron chi connectivity index (χ1n) is 10.3. The van der Waals surface area contributed by atoms with Gasteiger partial charge in [0.15, 0.2) is 0 Å².